The molecule has 26 heavy (non-hydrogen) atoms. The maximum Gasteiger partial charge on any atom is 0.303 e. The number of aliphatic hydroxyl groups is 2. The van der Waals surface area contributed by atoms with Crippen molar-refractivity contribution in [3.63, 3.8) is 0 Å². The first-order valence-corrected chi connectivity index (χ1v) is 9.48. The number of carbonyl (C=O) groups is 2. The molecule has 4 atom stereocenters. The van der Waals surface area contributed by atoms with Crippen molar-refractivity contribution in [2.45, 2.75) is 70.0 Å². The van der Waals surface area contributed by atoms with E-state index in [9.17, 15) is 19.8 Å². The molecule has 0 heterocycles. The molecule has 1 aliphatic rings. The van der Waals surface area contributed by atoms with Crippen LogP contribution in [0.25, 0.3) is 0 Å². The van der Waals surface area contributed by atoms with Crippen molar-refractivity contribution in [3.8, 4) is 0 Å². The number of ketones is 1. The van der Waals surface area contributed by atoms with Gasteiger partial charge in [-0.3, -0.25) is 9.59 Å². The number of carboxylic acid groups (broad SMARTS) is 1. The Labute approximate surface area is 156 Å². The third kappa shape index (κ3) is 8.59. The zero-order chi connectivity index (χ0) is 19.4. The number of hydrogen-bond acceptors (Lipinski definition) is 4. The minimum Gasteiger partial charge on any atom is -0.481 e. The second-order valence-electron chi connectivity index (χ2n) is 6.95. The first kappa shape index (κ1) is 22.3. The zero-order valence-electron chi connectivity index (χ0n) is 15.4. The van der Waals surface area contributed by atoms with Crippen LogP contribution in [-0.4, -0.2) is 39.3 Å². The van der Waals surface area contributed by atoms with Gasteiger partial charge in [-0.15, -0.1) is 6.58 Å². The SMILES string of the molecule is C=CCCCC(O)CC=C[C@H]1C(O)CC(=O)[C@@H]1CC=CCCCC(=O)O. The van der Waals surface area contributed by atoms with Crippen LogP contribution in [0.5, 0.6) is 0 Å². The number of carboxylic acids is 1. The Morgan fingerprint density at radius 3 is 2.69 bits per heavy atom. The van der Waals surface area contributed by atoms with Crippen LogP contribution in [0.1, 0.15) is 57.8 Å². The summed E-state index contributed by atoms with van der Waals surface area (Å²) in [6.07, 6.45) is 13.5. The summed E-state index contributed by atoms with van der Waals surface area (Å²) in [7, 11) is 0. The van der Waals surface area contributed by atoms with Gasteiger partial charge in [-0.25, -0.2) is 0 Å². The van der Waals surface area contributed by atoms with E-state index in [-0.39, 0.29) is 30.5 Å². The van der Waals surface area contributed by atoms with Gasteiger partial charge in [0.05, 0.1) is 12.2 Å². The monoisotopic (exact) mass is 364 g/mol. The van der Waals surface area contributed by atoms with E-state index >= 15 is 0 Å². The van der Waals surface area contributed by atoms with Crippen molar-refractivity contribution >= 4 is 11.8 Å². The molecule has 0 bridgehead atoms. The van der Waals surface area contributed by atoms with E-state index in [1.54, 1.807) is 0 Å². The summed E-state index contributed by atoms with van der Waals surface area (Å²) in [5, 5.41) is 28.7. The van der Waals surface area contributed by atoms with Crippen LogP contribution in [0.2, 0.25) is 0 Å². The minimum atomic E-state index is -0.802. The van der Waals surface area contributed by atoms with Crippen molar-refractivity contribution in [3.05, 3.63) is 37.0 Å². The number of hydrogen-bond donors (Lipinski definition) is 3. The first-order valence-electron chi connectivity index (χ1n) is 9.48. The molecule has 146 valence electrons. The molecule has 0 aromatic rings. The normalized spacial score (nSPS) is 24.5. The molecule has 0 aromatic carbocycles. The summed E-state index contributed by atoms with van der Waals surface area (Å²) in [4.78, 5) is 22.6. The standard InChI is InChI=1S/C21H32O5/c1-2-3-6-10-16(22)11-9-13-18-17(19(23)15-20(18)24)12-7-4-5-8-14-21(25)26/h2,4,7,9,13,16-18,20,22,24H,1,3,5-6,8,10-12,14-15H2,(H,25,26)/t16?,17-,18-,20?/m1/s1. The fourth-order valence-electron chi connectivity index (χ4n) is 3.27. The van der Waals surface area contributed by atoms with Gasteiger partial charge in [0.2, 0.25) is 0 Å². The van der Waals surface area contributed by atoms with Crippen molar-refractivity contribution in [1.82, 2.24) is 0 Å². The Hall–Kier alpha value is -1.72. The largest absolute Gasteiger partial charge is 0.481 e. The van der Waals surface area contributed by atoms with E-state index in [4.69, 9.17) is 5.11 Å². The number of aliphatic hydroxyl groups excluding tert-OH is 2. The van der Waals surface area contributed by atoms with Crippen molar-refractivity contribution in [2.24, 2.45) is 11.8 Å². The molecule has 0 aliphatic heterocycles. The van der Waals surface area contributed by atoms with Gasteiger partial charge in [0.1, 0.15) is 5.78 Å². The highest BCUT2D eigenvalue weighted by Gasteiger charge is 2.38. The molecule has 0 spiro atoms. The van der Waals surface area contributed by atoms with Crippen LogP contribution in [0.15, 0.2) is 37.0 Å². The molecule has 5 nitrogen and oxygen atoms in total. The Bertz CT molecular complexity index is 509. The molecule has 0 amide bonds. The number of unbranched alkanes of at least 4 members (excludes halogenated alkanes) is 2. The topological polar surface area (TPSA) is 94.8 Å². The highest BCUT2D eigenvalue weighted by Crippen LogP contribution is 2.33. The van der Waals surface area contributed by atoms with E-state index in [0.717, 1.165) is 12.8 Å². The van der Waals surface area contributed by atoms with Gasteiger partial charge in [-0.2, -0.15) is 0 Å². The molecular formula is C21H32O5. The molecule has 0 saturated heterocycles. The molecule has 1 aliphatic carbocycles. The molecule has 2 unspecified atom stereocenters. The summed E-state index contributed by atoms with van der Waals surface area (Å²) in [6, 6.07) is 0. The molecule has 1 fully saturated rings. The quantitative estimate of drug-likeness (QED) is 0.344. The molecule has 1 saturated carbocycles. The molecular weight excluding hydrogens is 332 g/mol. The van der Waals surface area contributed by atoms with Crippen molar-refractivity contribution < 1.29 is 24.9 Å². The molecule has 5 heteroatoms. The highest BCUT2D eigenvalue weighted by atomic mass is 16.4. The average Bonchev–Trinajstić information content (AvgIpc) is 2.84. The molecule has 3 N–H and O–H groups in total. The van der Waals surface area contributed by atoms with E-state index in [1.807, 2.05) is 30.4 Å². The van der Waals surface area contributed by atoms with Crippen LogP contribution in [-0.2, 0) is 9.59 Å². The van der Waals surface area contributed by atoms with Crippen molar-refractivity contribution in [1.29, 1.82) is 0 Å². The van der Waals surface area contributed by atoms with Crippen LogP contribution in [0, 0.1) is 11.8 Å². The molecule has 1 rings (SSSR count). The van der Waals surface area contributed by atoms with Gasteiger partial charge in [0.15, 0.2) is 0 Å². The third-order valence-electron chi connectivity index (χ3n) is 4.76. The average molecular weight is 364 g/mol. The van der Waals surface area contributed by atoms with Crippen molar-refractivity contribution in [2.75, 3.05) is 0 Å². The summed E-state index contributed by atoms with van der Waals surface area (Å²) in [5.41, 5.74) is 0. The lowest BCUT2D eigenvalue weighted by Gasteiger charge is -2.16. The summed E-state index contributed by atoms with van der Waals surface area (Å²) in [5.74, 6) is -1.19. The fraction of sp³-hybridized carbons (Fsp3) is 0.619. The fourth-order valence-corrected chi connectivity index (χ4v) is 3.27. The minimum absolute atomic E-state index is 0.0638. The Kier molecular flexibility index (Phi) is 10.8. The lowest BCUT2D eigenvalue weighted by Crippen LogP contribution is -2.18. The highest BCUT2D eigenvalue weighted by molar-refractivity contribution is 5.84. The Morgan fingerprint density at radius 2 is 2.00 bits per heavy atom. The maximum absolute atomic E-state index is 12.1. The number of carbonyl (C=O) groups excluding carboxylic acids is 1. The van der Waals surface area contributed by atoms with Gasteiger partial charge in [0.25, 0.3) is 0 Å². The molecule has 0 radical (unpaired) electrons. The van der Waals surface area contributed by atoms with Crippen LogP contribution in [0.4, 0.5) is 0 Å². The summed E-state index contributed by atoms with van der Waals surface area (Å²) >= 11 is 0. The van der Waals surface area contributed by atoms with Gasteiger partial charge < -0.3 is 15.3 Å². The van der Waals surface area contributed by atoms with E-state index in [1.165, 1.54) is 0 Å². The van der Waals surface area contributed by atoms with E-state index in [2.05, 4.69) is 6.58 Å². The predicted octanol–water partition coefficient (Wildman–Crippen LogP) is 3.42. The van der Waals surface area contributed by atoms with Gasteiger partial charge in [0, 0.05) is 24.7 Å². The predicted molar refractivity (Wildman–Crippen MR) is 102 cm³/mol. The smallest absolute Gasteiger partial charge is 0.303 e. The number of allylic oxidation sites excluding steroid dienone is 3. The van der Waals surface area contributed by atoms with Gasteiger partial charge >= 0.3 is 5.97 Å². The van der Waals surface area contributed by atoms with E-state index < -0.39 is 18.2 Å². The first-order chi connectivity index (χ1) is 12.5. The number of Topliss-reactive ketones (excluding diaryl/α,β-unsaturated/α-hetero) is 1. The lowest BCUT2D eigenvalue weighted by atomic mass is 9.90. The second-order valence-corrected chi connectivity index (χ2v) is 6.95. The third-order valence-corrected chi connectivity index (χ3v) is 4.76. The lowest BCUT2D eigenvalue weighted by molar-refractivity contribution is -0.137. The second kappa shape index (κ2) is 12.6. The summed E-state index contributed by atoms with van der Waals surface area (Å²) < 4.78 is 0. The maximum atomic E-state index is 12.1. The van der Waals surface area contributed by atoms with Gasteiger partial charge in [-0.1, -0.05) is 30.4 Å². The van der Waals surface area contributed by atoms with Crippen LogP contribution in [0.3, 0.4) is 0 Å². The number of aliphatic carboxylic acids is 1. The molecule has 0 aromatic heterocycles. The van der Waals surface area contributed by atoms with Gasteiger partial charge in [-0.05, 0) is 44.9 Å². The van der Waals surface area contributed by atoms with E-state index in [0.29, 0.717) is 32.1 Å². The Balaban J connectivity index is 2.44. The summed E-state index contributed by atoms with van der Waals surface area (Å²) in [6.45, 7) is 3.66. The Morgan fingerprint density at radius 1 is 1.23 bits per heavy atom. The van der Waals surface area contributed by atoms with Crippen LogP contribution >= 0.6 is 0 Å². The number of rotatable bonds is 13. The van der Waals surface area contributed by atoms with Crippen LogP contribution < -0.4 is 0 Å². The zero-order valence-corrected chi connectivity index (χ0v) is 15.4.